The van der Waals surface area contributed by atoms with Crippen molar-refractivity contribution in [3.05, 3.63) is 70.3 Å². The van der Waals surface area contributed by atoms with E-state index in [0.717, 1.165) is 12.1 Å². The Morgan fingerprint density at radius 3 is 2.36 bits per heavy atom. The minimum Gasteiger partial charge on any atom is -0.480 e. The van der Waals surface area contributed by atoms with Crippen LogP contribution in [0.3, 0.4) is 0 Å². The van der Waals surface area contributed by atoms with Gasteiger partial charge < -0.3 is 5.11 Å². The lowest BCUT2D eigenvalue weighted by Crippen LogP contribution is -2.46. The highest BCUT2D eigenvalue weighted by molar-refractivity contribution is 7.89. The summed E-state index contributed by atoms with van der Waals surface area (Å²) in [5.41, 5.74) is -0.0112. The Balaban J connectivity index is 2.58. The highest BCUT2D eigenvalue weighted by Gasteiger charge is 2.38. The molecule has 146 valence electrons. The van der Waals surface area contributed by atoms with E-state index in [1.807, 2.05) is 0 Å². The molecule has 28 heavy (non-hydrogen) atoms. The fourth-order valence-electron chi connectivity index (χ4n) is 2.62. The molecule has 0 bridgehead atoms. The van der Waals surface area contributed by atoms with Gasteiger partial charge in [-0.1, -0.05) is 48.4 Å². The molecule has 2 rings (SSSR count). The summed E-state index contributed by atoms with van der Waals surface area (Å²) in [6.07, 6.45) is -0.110. The van der Waals surface area contributed by atoms with Crippen LogP contribution < -0.4 is 0 Å². The quantitative estimate of drug-likeness (QED) is 0.411. The number of carboxylic acids is 1. The molecule has 0 aliphatic rings. The molecule has 0 aromatic heterocycles. The zero-order valence-corrected chi connectivity index (χ0v) is 15.8. The van der Waals surface area contributed by atoms with E-state index in [9.17, 15) is 28.4 Å². The molecule has 2 aromatic carbocycles. The van der Waals surface area contributed by atoms with Crippen LogP contribution in [0.2, 0.25) is 0 Å². The largest absolute Gasteiger partial charge is 0.480 e. The minimum atomic E-state index is -4.50. The van der Waals surface area contributed by atoms with Gasteiger partial charge in [-0.25, -0.2) is 8.42 Å². The minimum absolute atomic E-state index is 0.110. The Bertz CT molecular complexity index is 1030. The number of hydrogen-bond acceptors (Lipinski definition) is 5. The lowest BCUT2D eigenvalue weighted by atomic mass is 10.1. The number of nitro groups is 1. The first kappa shape index (κ1) is 21.1. The molecular formula is C19H18N2O6S. The van der Waals surface area contributed by atoms with Gasteiger partial charge in [0, 0.05) is 6.07 Å². The molecule has 2 aromatic rings. The lowest BCUT2D eigenvalue weighted by Gasteiger charge is -2.26. The van der Waals surface area contributed by atoms with Crippen molar-refractivity contribution in [3.63, 3.8) is 0 Å². The van der Waals surface area contributed by atoms with Crippen molar-refractivity contribution in [1.29, 1.82) is 0 Å². The second-order valence-electron chi connectivity index (χ2n) is 5.75. The maximum atomic E-state index is 13.2. The van der Waals surface area contributed by atoms with Crippen molar-refractivity contribution >= 4 is 21.7 Å². The second kappa shape index (κ2) is 9.12. The van der Waals surface area contributed by atoms with Gasteiger partial charge in [0.25, 0.3) is 15.7 Å². The van der Waals surface area contributed by atoms with Gasteiger partial charge in [-0.15, -0.1) is 5.92 Å². The highest BCUT2D eigenvalue weighted by atomic mass is 32.2. The number of rotatable bonds is 8. The summed E-state index contributed by atoms with van der Waals surface area (Å²) in [6, 6.07) is 11.9. The Labute approximate surface area is 162 Å². The number of carboxylic acid groups (broad SMARTS) is 1. The van der Waals surface area contributed by atoms with E-state index in [2.05, 4.69) is 11.8 Å². The van der Waals surface area contributed by atoms with Crippen molar-refractivity contribution in [2.24, 2.45) is 0 Å². The van der Waals surface area contributed by atoms with E-state index in [1.165, 1.54) is 19.1 Å². The molecule has 0 aliphatic carbocycles. The zero-order valence-electron chi connectivity index (χ0n) is 15.0. The maximum Gasteiger partial charge on any atom is 0.322 e. The Morgan fingerprint density at radius 1 is 1.18 bits per heavy atom. The topological polar surface area (TPSA) is 118 Å². The van der Waals surface area contributed by atoms with Gasteiger partial charge in [-0.2, -0.15) is 4.31 Å². The monoisotopic (exact) mass is 402 g/mol. The number of hydrogen-bond donors (Lipinski definition) is 1. The van der Waals surface area contributed by atoms with Gasteiger partial charge in [0.2, 0.25) is 0 Å². The third kappa shape index (κ3) is 4.73. The molecule has 0 amide bonds. The highest BCUT2D eigenvalue weighted by Crippen LogP contribution is 2.28. The van der Waals surface area contributed by atoms with E-state index >= 15 is 0 Å². The third-order valence-corrected chi connectivity index (χ3v) is 5.87. The predicted molar refractivity (Wildman–Crippen MR) is 102 cm³/mol. The van der Waals surface area contributed by atoms with E-state index in [1.54, 1.807) is 30.3 Å². The predicted octanol–water partition coefficient (Wildman–Crippen LogP) is 2.30. The smallest absolute Gasteiger partial charge is 0.322 e. The molecule has 0 radical (unpaired) electrons. The first-order chi connectivity index (χ1) is 13.3. The van der Waals surface area contributed by atoms with Crippen molar-refractivity contribution in [2.45, 2.75) is 24.3 Å². The molecule has 1 N–H and O–H groups in total. The molecule has 1 atom stereocenters. The van der Waals surface area contributed by atoms with Gasteiger partial charge in [0.15, 0.2) is 4.90 Å². The first-order valence-electron chi connectivity index (χ1n) is 8.20. The molecule has 0 heterocycles. The maximum absolute atomic E-state index is 13.2. The van der Waals surface area contributed by atoms with Gasteiger partial charge in [-0.3, -0.25) is 14.9 Å². The summed E-state index contributed by atoms with van der Waals surface area (Å²) < 4.78 is 27.1. The van der Waals surface area contributed by atoms with Gasteiger partial charge in [0.1, 0.15) is 6.04 Å². The zero-order chi connectivity index (χ0) is 20.7. The molecule has 8 nitrogen and oxygen atoms in total. The number of para-hydroxylation sites is 1. The number of benzene rings is 2. The Kier molecular flexibility index (Phi) is 6.87. The fourth-order valence-corrected chi connectivity index (χ4v) is 4.27. The summed E-state index contributed by atoms with van der Waals surface area (Å²) in [5.74, 6) is 3.72. The molecule has 0 unspecified atom stereocenters. The van der Waals surface area contributed by atoms with Crippen LogP contribution in [0.25, 0.3) is 0 Å². The van der Waals surface area contributed by atoms with Crippen molar-refractivity contribution in [1.82, 2.24) is 4.31 Å². The second-order valence-corrected chi connectivity index (χ2v) is 7.60. The average molecular weight is 402 g/mol. The number of aliphatic carboxylic acids is 1. The summed E-state index contributed by atoms with van der Waals surface area (Å²) in [4.78, 5) is 21.8. The molecule has 0 fully saturated rings. The van der Waals surface area contributed by atoms with Gasteiger partial charge in [0.05, 0.1) is 11.5 Å². The van der Waals surface area contributed by atoms with Crippen LogP contribution in [0, 0.1) is 22.0 Å². The van der Waals surface area contributed by atoms with E-state index in [-0.39, 0.29) is 6.42 Å². The standard InChI is InChI=1S/C19H18N2O6S/c1-2-3-13-20(17(19(22)23)14-15-9-5-4-6-10-15)28(26,27)18-12-8-7-11-16(18)21(24)25/h4-12,17H,13-14H2,1H3,(H,22,23)/t17-/m0/s1. The normalized spacial score (nSPS) is 12.1. The van der Waals surface area contributed by atoms with E-state index in [4.69, 9.17) is 0 Å². The summed E-state index contributed by atoms with van der Waals surface area (Å²) in [7, 11) is -4.50. The molecule has 0 saturated carbocycles. The molecule has 0 spiro atoms. The summed E-state index contributed by atoms with van der Waals surface area (Å²) in [6.45, 7) is 1.08. The van der Waals surface area contributed by atoms with Crippen LogP contribution >= 0.6 is 0 Å². The first-order valence-corrected chi connectivity index (χ1v) is 9.64. The molecule has 9 heteroatoms. The van der Waals surface area contributed by atoms with Crippen LogP contribution in [0.15, 0.2) is 59.5 Å². The number of carbonyl (C=O) groups is 1. The molecular weight excluding hydrogens is 384 g/mol. The lowest BCUT2D eigenvalue weighted by molar-refractivity contribution is -0.387. The summed E-state index contributed by atoms with van der Waals surface area (Å²) in [5, 5.41) is 21.0. The van der Waals surface area contributed by atoms with Crippen LogP contribution in [-0.4, -0.2) is 41.3 Å². The Morgan fingerprint density at radius 2 is 1.79 bits per heavy atom. The van der Waals surface area contributed by atoms with Gasteiger partial charge in [-0.05, 0) is 25.0 Å². The van der Waals surface area contributed by atoms with E-state index < -0.39 is 44.1 Å². The third-order valence-electron chi connectivity index (χ3n) is 3.96. The van der Waals surface area contributed by atoms with Crippen molar-refractivity contribution in [2.75, 3.05) is 6.54 Å². The van der Waals surface area contributed by atoms with Crippen molar-refractivity contribution in [3.8, 4) is 11.8 Å². The fraction of sp³-hybridized carbons (Fsp3) is 0.211. The van der Waals surface area contributed by atoms with Crippen molar-refractivity contribution < 1.29 is 23.2 Å². The average Bonchev–Trinajstić information content (AvgIpc) is 2.67. The van der Waals surface area contributed by atoms with E-state index in [0.29, 0.717) is 9.87 Å². The van der Waals surface area contributed by atoms with Crippen LogP contribution in [-0.2, 0) is 21.2 Å². The van der Waals surface area contributed by atoms with Crippen LogP contribution in [0.4, 0.5) is 5.69 Å². The number of nitro benzene ring substituents is 1. The Hall–Kier alpha value is -3.22. The molecule has 0 aliphatic heterocycles. The SMILES string of the molecule is CC#CCN([C@@H](Cc1ccccc1)C(=O)O)S(=O)(=O)c1ccccc1[N+](=O)[O-]. The van der Waals surface area contributed by atoms with Gasteiger partial charge >= 0.3 is 5.97 Å². The number of nitrogens with zero attached hydrogens (tertiary/aromatic N) is 2. The van der Waals surface area contributed by atoms with Crippen LogP contribution in [0.1, 0.15) is 12.5 Å². The molecule has 0 saturated heterocycles. The van der Waals surface area contributed by atoms with Crippen LogP contribution in [0.5, 0.6) is 0 Å². The summed E-state index contributed by atoms with van der Waals surface area (Å²) >= 11 is 0. The number of sulfonamides is 1.